The molecule has 0 saturated carbocycles. The molecule has 0 spiro atoms. The Kier molecular flexibility index (Phi) is 6.12. The number of benzene rings is 1. The first-order valence-electron chi connectivity index (χ1n) is 6.70. The van der Waals surface area contributed by atoms with Crippen LogP contribution < -0.4 is 9.62 Å². The van der Waals surface area contributed by atoms with Crippen molar-refractivity contribution >= 4 is 44.8 Å². The third-order valence-corrected chi connectivity index (χ3v) is 4.91. The quantitative estimate of drug-likeness (QED) is 0.840. The number of carbonyl (C=O) groups is 1. The summed E-state index contributed by atoms with van der Waals surface area (Å²) >= 11 is 11.9. The van der Waals surface area contributed by atoms with Gasteiger partial charge in [-0.1, -0.05) is 30.1 Å². The highest BCUT2D eigenvalue weighted by molar-refractivity contribution is 7.92. The lowest BCUT2D eigenvalue weighted by Crippen LogP contribution is -2.48. The number of carbonyl (C=O) groups excluding carboxylic acids is 1. The van der Waals surface area contributed by atoms with Crippen LogP contribution in [-0.4, -0.2) is 32.7 Å². The van der Waals surface area contributed by atoms with Crippen molar-refractivity contribution in [3.8, 4) is 0 Å². The van der Waals surface area contributed by atoms with E-state index in [1.807, 2.05) is 20.8 Å². The molecule has 0 aliphatic carbocycles. The minimum absolute atomic E-state index is 0.182. The van der Waals surface area contributed by atoms with Crippen molar-refractivity contribution in [1.82, 2.24) is 5.32 Å². The van der Waals surface area contributed by atoms with Crippen molar-refractivity contribution in [1.29, 1.82) is 0 Å². The molecule has 0 radical (unpaired) electrons. The molecule has 0 fully saturated rings. The van der Waals surface area contributed by atoms with Crippen LogP contribution in [0, 0.1) is 0 Å². The van der Waals surface area contributed by atoms with Gasteiger partial charge in [-0.25, -0.2) is 8.42 Å². The number of hydrogen-bond acceptors (Lipinski definition) is 3. The number of nitrogens with zero attached hydrogens (tertiary/aromatic N) is 1. The van der Waals surface area contributed by atoms with Crippen LogP contribution in [0.15, 0.2) is 18.2 Å². The van der Waals surface area contributed by atoms with Crippen LogP contribution in [0.1, 0.15) is 27.2 Å². The summed E-state index contributed by atoms with van der Waals surface area (Å²) in [6, 6.07) is 4.46. The first-order valence-corrected chi connectivity index (χ1v) is 9.30. The van der Waals surface area contributed by atoms with Crippen LogP contribution in [0.4, 0.5) is 5.69 Å². The van der Waals surface area contributed by atoms with Gasteiger partial charge in [-0.05, 0) is 38.5 Å². The van der Waals surface area contributed by atoms with Gasteiger partial charge >= 0.3 is 0 Å². The second-order valence-electron chi connectivity index (χ2n) is 5.65. The van der Waals surface area contributed by atoms with Crippen molar-refractivity contribution < 1.29 is 13.2 Å². The molecule has 0 saturated heterocycles. The van der Waals surface area contributed by atoms with Gasteiger partial charge in [0.05, 0.1) is 17.0 Å². The lowest BCUT2D eigenvalue weighted by Gasteiger charge is -2.28. The average Bonchev–Trinajstić information content (AvgIpc) is 2.37. The Morgan fingerprint density at radius 3 is 2.41 bits per heavy atom. The number of anilines is 1. The Hall–Kier alpha value is -0.980. The highest BCUT2D eigenvalue weighted by Gasteiger charge is 2.26. The van der Waals surface area contributed by atoms with Gasteiger partial charge in [0, 0.05) is 10.6 Å². The lowest BCUT2D eigenvalue weighted by atomic mass is 10.0. The summed E-state index contributed by atoms with van der Waals surface area (Å²) in [4.78, 5) is 12.2. The molecule has 8 heteroatoms. The van der Waals surface area contributed by atoms with Crippen LogP contribution >= 0.6 is 23.2 Å². The molecule has 0 bridgehead atoms. The highest BCUT2D eigenvalue weighted by Crippen LogP contribution is 2.30. The van der Waals surface area contributed by atoms with Gasteiger partial charge in [0.15, 0.2) is 0 Å². The molecule has 0 unspecified atom stereocenters. The summed E-state index contributed by atoms with van der Waals surface area (Å²) in [5.74, 6) is -0.409. The Labute approximate surface area is 141 Å². The molecule has 0 aromatic heterocycles. The van der Waals surface area contributed by atoms with Gasteiger partial charge in [0.2, 0.25) is 15.9 Å². The van der Waals surface area contributed by atoms with Gasteiger partial charge < -0.3 is 5.32 Å². The molecule has 0 aliphatic heterocycles. The summed E-state index contributed by atoms with van der Waals surface area (Å²) < 4.78 is 25.0. The fourth-order valence-corrected chi connectivity index (χ4v) is 2.99. The topological polar surface area (TPSA) is 66.5 Å². The van der Waals surface area contributed by atoms with E-state index in [-0.39, 0.29) is 17.3 Å². The monoisotopic (exact) mass is 366 g/mol. The number of halogens is 2. The molecule has 124 valence electrons. The van der Waals surface area contributed by atoms with E-state index in [0.29, 0.717) is 5.02 Å². The van der Waals surface area contributed by atoms with Crippen LogP contribution in [0.2, 0.25) is 10.0 Å². The van der Waals surface area contributed by atoms with E-state index in [9.17, 15) is 13.2 Å². The predicted molar refractivity (Wildman–Crippen MR) is 91.2 cm³/mol. The summed E-state index contributed by atoms with van der Waals surface area (Å²) in [6.07, 6.45) is 1.73. The molecule has 5 nitrogen and oxygen atoms in total. The fraction of sp³-hybridized carbons (Fsp3) is 0.500. The molecule has 1 rings (SSSR count). The number of sulfonamides is 1. The number of amides is 1. The van der Waals surface area contributed by atoms with E-state index in [0.717, 1.165) is 17.0 Å². The summed E-state index contributed by atoms with van der Waals surface area (Å²) in [7, 11) is -3.69. The summed E-state index contributed by atoms with van der Waals surface area (Å²) in [5.41, 5.74) is -0.237. The zero-order valence-corrected chi connectivity index (χ0v) is 15.3. The normalized spacial score (nSPS) is 12.1. The maximum Gasteiger partial charge on any atom is 0.241 e. The number of rotatable bonds is 6. The van der Waals surface area contributed by atoms with Gasteiger partial charge in [0.1, 0.15) is 6.54 Å². The fourth-order valence-electron chi connectivity index (χ4n) is 1.69. The van der Waals surface area contributed by atoms with Gasteiger partial charge in [-0.3, -0.25) is 9.10 Å². The van der Waals surface area contributed by atoms with Crippen molar-refractivity contribution in [2.75, 3.05) is 17.1 Å². The molecule has 1 amide bonds. The molecule has 1 N–H and O–H groups in total. The Morgan fingerprint density at radius 2 is 1.91 bits per heavy atom. The minimum Gasteiger partial charge on any atom is -0.350 e. The van der Waals surface area contributed by atoms with Gasteiger partial charge in [0.25, 0.3) is 0 Å². The van der Waals surface area contributed by atoms with Crippen LogP contribution in [0.25, 0.3) is 0 Å². The van der Waals surface area contributed by atoms with Crippen LogP contribution in [-0.2, 0) is 14.8 Å². The van der Waals surface area contributed by atoms with Crippen molar-refractivity contribution in [3.05, 3.63) is 28.2 Å². The van der Waals surface area contributed by atoms with Gasteiger partial charge in [-0.2, -0.15) is 0 Å². The summed E-state index contributed by atoms with van der Waals surface area (Å²) in [6.45, 7) is 5.30. The third kappa shape index (κ3) is 5.34. The zero-order valence-electron chi connectivity index (χ0n) is 13.0. The lowest BCUT2D eigenvalue weighted by molar-refractivity contribution is -0.121. The second kappa shape index (κ2) is 7.06. The van der Waals surface area contributed by atoms with Crippen LogP contribution in [0.3, 0.4) is 0 Å². The first kappa shape index (κ1) is 19.1. The molecule has 1 aromatic carbocycles. The maximum absolute atomic E-state index is 12.2. The van der Waals surface area contributed by atoms with E-state index in [4.69, 9.17) is 23.2 Å². The van der Waals surface area contributed by atoms with Crippen LogP contribution in [0.5, 0.6) is 0 Å². The Balaban J connectivity index is 3.11. The number of nitrogens with one attached hydrogen (secondary N) is 1. The predicted octanol–water partition coefficient (Wildman–Crippen LogP) is 3.06. The van der Waals surface area contributed by atoms with Crippen molar-refractivity contribution in [3.63, 3.8) is 0 Å². The van der Waals surface area contributed by atoms with E-state index >= 15 is 0 Å². The molecule has 22 heavy (non-hydrogen) atoms. The van der Waals surface area contributed by atoms with Gasteiger partial charge in [-0.15, -0.1) is 0 Å². The standard InChI is InChI=1S/C14H20Cl2N2O3S/c1-5-14(2,3)17-13(19)9-18(22(4,20)21)12-8-10(15)6-7-11(12)16/h6-8H,5,9H2,1-4H3,(H,17,19). The van der Waals surface area contributed by atoms with Crippen molar-refractivity contribution in [2.45, 2.75) is 32.7 Å². The third-order valence-electron chi connectivity index (χ3n) is 3.23. The van der Waals surface area contributed by atoms with E-state index < -0.39 is 21.5 Å². The maximum atomic E-state index is 12.2. The van der Waals surface area contributed by atoms with E-state index in [1.54, 1.807) is 6.07 Å². The molecular formula is C14H20Cl2N2O3S. The molecular weight excluding hydrogens is 347 g/mol. The average molecular weight is 367 g/mol. The molecule has 1 aromatic rings. The Bertz CT molecular complexity index is 660. The molecule has 0 heterocycles. The Morgan fingerprint density at radius 1 is 1.32 bits per heavy atom. The first-order chi connectivity index (χ1) is 9.96. The van der Waals surface area contributed by atoms with E-state index in [2.05, 4.69) is 5.32 Å². The summed E-state index contributed by atoms with van der Waals surface area (Å²) in [5, 5.41) is 3.33. The second-order valence-corrected chi connectivity index (χ2v) is 8.40. The zero-order chi connectivity index (χ0) is 17.1. The highest BCUT2D eigenvalue weighted by atomic mass is 35.5. The smallest absolute Gasteiger partial charge is 0.241 e. The molecule has 0 aliphatic rings. The molecule has 0 atom stereocenters. The van der Waals surface area contributed by atoms with Crippen molar-refractivity contribution in [2.24, 2.45) is 0 Å². The number of hydrogen-bond donors (Lipinski definition) is 1. The minimum atomic E-state index is -3.69. The van der Waals surface area contributed by atoms with E-state index in [1.165, 1.54) is 12.1 Å². The largest absolute Gasteiger partial charge is 0.350 e. The SMILES string of the molecule is CCC(C)(C)NC(=O)CN(c1cc(Cl)ccc1Cl)S(C)(=O)=O.